The first-order valence-corrected chi connectivity index (χ1v) is 22.2. The second-order valence-electron chi connectivity index (χ2n) is 17.1. The Hall–Kier alpha value is -8.66. The predicted molar refractivity (Wildman–Crippen MR) is 271 cm³/mol. The van der Waals surface area contributed by atoms with Crippen LogP contribution in [0.4, 0.5) is 0 Å². The summed E-state index contributed by atoms with van der Waals surface area (Å²) >= 11 is 0. The highest BCUT2D eigenvalue weighted by Crippen LogP contribution is 2.51. The summed E-state index contributed by atoms with van der Waals surface area (Å²) in [6, 6.07) is 78.4. The molecule has 0 spiro atoms. The van der Waals surface area contributed by atoms with Crippen LogP contribution in [0.2, 0.25) is 0 Å². The molecule has 1 aliphatic rings. The lowest BCUT2D eigenvalue weighted by molar-refractivity contribution is 0.670. The molecule has 14 rings (SSSR count). The first-order chi connectivity index (χ1) is 32.3. The molecule has 11 aromatic carbocycles. The number of rotatable bonds is 5. The normalized spacial score (nSPS) is 12.0. The number of hydrogen-bond donors (Lipinski definition) is 0. The third kappa shape index (κ3) is 5.30. The molecule has 0 aliphatic heterocycles. The van der Waals surface area contributed by atoms with Gasteiger partial charge in [-0.1, -0.05) is 206 Å². The van der Waals surface area contributed by atoms with Crippen LogP contribution in [0.25, 0.3) is 143 Å². The van der Waals surface area contributed by atoms with Gasteiger partial charge in [-0.3, -0.25) is 0 Å². The largest absolute Gasteiger partial charge is 0.455 e. The van der Waals surface area contributed by atoms with Crippen LogP contribution in [0.5, 0.6) is 0 Å². The van der Waals surface area contributed by atoms with E-state index in [0.717, 1.165) is 88.9 Å². The molecule has 0 N–H and O–H groups in total. The number of hydrogen-bond acceptors (Lipinski definition) is 3. The van der Waals surface area contributed by atoms with Gasteiger partial charge >= 0.3 is 0 Å². The average Bonchev–Trinajstić information content (AvgIpc) is 3.91. The first-order valence-electron chi connectivity index (χ1n) is 22.2. The van der Waals surface area contributed by atoms with E-state index < -0.39 is 0 Å². The van der Waals surface area contributed by atoms with Crippen molar-refractivity contribution in [3.05, 3.63) is 218 Å². The van der Waals surface area contributed by atoms with Crippen LogP contribution < -0.4 is 0 Å². The van der Waals surface area contributed by atoms with E-state index in [4.69, 9.17) is 14.4 Å². The number of fused-ring (bicyclic) bond motifs is 9. The summed E-state index contributed by atoms with van der Waals surface area (Å²) in [5, 5.41) is 9.38. The molecule has 2 heterocycles. The smallest absolute Gasteiger partial charge is 0.143 e. The van der Waals surface area contributed by atoms with Gasteiger partial charge in [-0.15, -0.1) is 0 Å². The molecule has 0 radical (unpaired) electrons. The molecular formula is C62H36N2O. The van der Waals surface area contributed by atoms with Crippen LogP contribution in [-0.4, -0.2) is 9.97 Å². The van der Waals surface area contributed by atoms with Gasteiger partial charge in [-0.25, -0.2) is 9.97 Å². The third-order valence-electron chi connectivity index (χ3n) is 13.6. The Morgan fingerprint density at radius 2 is 0.769 bits per heavy atom. The van der Waals surface area contributed by atoms with Gasteiger partial charge in [0.15, 0.2) is 0 Å². The summed E-state index contributed by atoms with van der Waals surface area (Å²) in [6.45, 7) is 0. The lowest BCUT2D eigenvalue weighted by Crippen LogP contribution is -1.95. The second-order valence-corrected chi connectivity index (χ2v) is 17.1. The number of aromatic nitrogens is 2. The number of furan rings is 1. The van der Waals surface area contributed by atoms with E-state index in [9.17, 15) is 0 Å². The zero-order valence-electron chi connectivity index (χ0n) is 35.1. The van der Waals surface area contributed by atoms with Gasteiger partial charge in [0, 0.05) is 49.5 Å². The van der Waals surface area contributed by atoms with Gasteiger partial charge in [-0.2, -0.15) is 0 Å². The summed E-state index contributed by atoms with van der Waals surface area (Å²) in [5.41, 5.74) is 19.1. The van der Waals surface area contributed by atoms with Gasteiger partial charge in [0.1, 0.15) is 11.2 Å². The van der Waals surface area contributed by atoms with Gasteiger partial charge in [0.2, 0.25) is 0 Å². The van der Waals surface area contributed by atoms with Crippen molar-refractivity contribution in [2.24, 2.45) is 0 Å². The van der Waals surface area contributed by atoms with E-state index in [1.807, 2.05) is 6.07 Å². The van der Waals surface area contributed by atoms with Crippen molar-refractivity contribution in [3.8, 4) is 78.1 Å². The molecule has 0 unspecified atom stereocenters. The molecule has 0 bridgehead atoms. The van der Waals surface area contributed by atoms with Crippen LogP contribution in [0.3, 0.4) is 0 Å². The Morgan fingerprint density at radius 1 is 0.277 bits per heavy atom. The number of para-hydroxylation sites is 2. The van der Waals surface area contributed by atoms with Gasteiger partial charge in [0.25, 0.3) is 0 Å². The number of benzene rings is 11. The molecule has 0 saturated heterocycles. The molecule has 300 valence electrons. The van der Waals surface area contributed by atoms with Crippen molar-refractivity contribution in [1.29, 1.82) is 0 Å². The molecule has 3 heteroatoms. The highest BCUT2D eigenvalue weighted by atomic mass is 16.3. The topological polar surface area (TPSA) is 38.9 Å². The molecule has 65 heavy (non-hydrogen) atoms. The minimum Gasteiger partial charge on any atom is -0.455 e. The van der Waals surface area contributed by atoms with Gasteiger partial charge in [-0.05, 0) is 72.4 Å². The van der Waals surface area contributed by atoms with E-state index in [1.165, 1.54) is 54.6 Å². The molecule has 13 aromatic rings. The maximum Gasteiger partial charge on any atom is 0.143 e. The molecule has 0 saturated carbocycles. The van der Waals surface area contributed by atoms with Crippen molar-refractivity contribution < 1.29 is 4.42 Å². The van der Waals surface area contributed by atoms with Crippen molar-refractivity contribution >= 4 is 65.3 Å². The maximum atomic E-state index is 6.77. The molecule has 2 aromatic heterocycles. The summed E-state index contributed by atoms with van der Waals surface area (Å²) in [6.07, 6.45) is 0. The minimum absolute atomic E-state index is 0.892. The van der Waals surface area contributed by atoms with E-state index in [-0.39, 0.29) is 0 Å². The lowest BCUT2D eigenvalue weighted by Gasteiger charge is -2.19. The highest BCUT2D eigenvalue weighted by molar-refractivity contribution is 6.25. The second kappa shape index (κ2) is 13.9. The highest BCUT2D eigenvalue weighted by Gasteiger charge is 2.28. The fourth-order valence-corrected chi connectivity index (χ4v) is 10.8. The van der Waals surface area contributed by atoms with Crippen molar-refractivity contribution in [3.63, 3.8) is 0 Å². The van der Waals surface area contributed by atoms with Gasteiger partial charge in [0.05, 0.1) is 22.4 Å². The predicted octanol–water partition coefficient (Wildman–Crippen LogP) is 17.0. The summed E-state index contributed by atoms with van der Waals surface area (Å²) in [4.78, 5) is 11.2. The Morgan fingerprint density at radius 3 is 1.45 bits per heavy atom. The third-order valence-corrected chi connectivity index (χ3v) is 13.6. The van der Waals surface area contributed by atoms with Crippen molar-refractivity contribution in [1.82, 2.24) is 9.97 Å². The minimum atomic E-state index is 0.892. The Bertz CT molecular complexity index is 4000. The van der Waals surface area contributed by atoms with Crippen molar-refractivity contribution in [2.45, 2.75) is 0 Å². The quantitative estimate of drug-likeness (QED) is 0.162. The van der Waals surface area contributed by atoms with Crippen molar-refractivity contribution in [2.75, 3.05) is 0 Å². The monoisotopic (exact) mass is 824 g/mol. The molecule has 0 fully saturated rings. The molecule has 1 aliphatic carbocycles. The van der Waals surface area contributed by atoms with Crippen LogP contribution >= 0.6 is 0 Å². The maximum absolute atomic E-state index is 6.77. The molecule has 3 nitrogen and oxygen atoms in total. The summed E-state index contributed by atoms with van der Waals surface area (Å²) < 4.78 is 6.77. The summed E-state index contributed by atoms with van der Waals surface area (Å²) in [7, 11) is 0. The lowest BCUT2D eigenvalue weighted by atomic mass is 9.84. The van der Waals surface area contributed by atoms with Crippen LogP contribution in [0.15, 0.2) is 223 Å². The fourth-order valence-electron chi connectivity index (χ4n) is 10.8. The van der Waals surface area contributed by atoms with Crippen LogP contribution in [0.1, 0.15) is 0 Å². The first kappa shape index (κ1) is 35.9. The van der Waals surface area contributed by atoms with Crippen LogP contribution in [-0.2, 0) is 0 Å². The Labute approximate surface area is 374 Å². The molecular weight excluding hydrogens is 789 g/mol. The van der Waals surface area contributed by atoms with E-state index >= 15 is 0 Å². The molecule has 0 atom stereocenters. The summed E-state index contributed by atoms with van der Waals surface area (Å²) in [5.74, 6) is 0. The fraction of sp³-hybridized carbons (Fsp3) is 0. The number of nitrogens with zero attached hydrogens (tertiary/aromatic N) is 2. The van der Waals surface area contributed by atoms with Gasteiger partial charge < -0.3 is 4.42 Å². The van der Waals surface area contributed by atoms with E-state index in [2.05, 4.69) is 212 Å². The standard InChI is InChI=1S/C62H36N2O/c1-4-16-37(17-5-1)42-33-34-43(38-18-6-2-7-19-38)59-58(42)63-60-50-27-14-25-45-41(32-35-51(56(45)50)61(60)64-59)40-30-31-48-53(36-40)57(47-24-11-10-23-46(47)55(48)39-20-8-3-9-21-39)52-28-15-26-49-44-22-12-13-29-54(44)65-62(49)52/h1-36H. The van der Waals surface area contributed by atoms with E-state index in [1.54, 1.807) is 0 Å². The Kier molecular flexibility index (Phi) is 7.69. The zero-order valence-corrected chi connectivity index (χ0v) is 35.1. The SMILES string of the molecule is c1ccc(-c2c3ccccc3c(-c3cccc4c3oc3ccccc34)c3cc(-c4ccc5c6c(cccc46)-c4nc6c(-c7ccccc7)ccc(-c7ccccc7)c6nc4-5)ccc23)cc1. The zero-order chi connectivity index (χ0) is 42.6. The van der Waals surface area contributed by atoms with Crippen LogP contribution in [0, 0.1) is 0 Å². The van der Waals surface area contributed by atoms with E-state index in [0.29, 0.717) is 0 Å². The average molecular weight is 825 g/mol. The Balaban J connectivity index is 1.03. The molecule has 0 amide bonds.